The van der Waals surface area contributed by atoms with E-state index in [4.69, 9.17) is 13.9 Å². The van der Waals surface area contributed by atoms with Crippen LogP contribution in [0.5, 0.6) is 5.75 Å². The zero-order valence-electron chi connectivity index (χ0n) is 22.4. The summed E-state index contributed by atoms with van der Waals surface area (Å²) >= 11 is 0. The Morgan fingerprint density at radius 1 is 0.833 bits per heavy atom. The van der Waals surface area contributed by atoms with Crippen LogP contribution in [-0.2, 0) is 20.6 Å². The van der Waals surface area contributed by atoms with Gasteiger partial charge in [0, 0.05) is 18.4 Å². The molecule has 0 amide bonds. The third-order valence-corrected chi connectivity index (χ3v) is 11.9. The Kier molecular flexibility index (Phi) is 9.66. The van der Waals surface area contributed by atoms with Crippen molar-refractivity contribution in [3.8, 4) is 5.75 Å². The summed E-state index contributed by atoms with van der Waals surface area (Å²) in [6.07, 6.45) is 0.723. The minimum Gasteiger partial charge on any atom is -0.497 e. The fraction of sp³-hybridized carbons (Fsp3) is 0.387. The van der Waals surface area contributed by atoms with Gasteiger partial charge in [-0.15, -0.1) is 0 Å². The van der Waals surface area contributed by atoms with Crippen LogP contribution in [0.15, 0.2) is 84.9 Å². The van der Waals surface area contributed by atoms with E-state index in [1.165, 1.54) is 10.4 Å². The lowest BCUT2D eigenvalue weighted by Crippen LogP contribution is -2.67. The summed E-state index contributed by atoms with van der Waals surface area (Å²) in [7, 11) is -1.00. The van der Waals surface area contributed by atoms with Gasteiger partial charge in [-0.3, -0.25) is 0 Å². The van der Waals surface area contributed by atoms with Gasteiger partial charge in [-0.25, -0.2) is 0 Å². The zero-order chi connectivity index (χ0) is 26.2. The maximum atomic E-state index is 11.8. The molecule has 3 aromatic carbocycles. The summed E-state index contributed by atoms with van der Waals surface area (Å²) < 4.78 is 18.7. The summed E-state index contributed by atoms with van der Waals surface area (Å²) in [4.78, 5) is 11.8. The second-order valence-corrected chi connectivity index (χ2v) is 14.9. The number of hydrogen-bond donors (Lipinski definition) is 0. The maximum absolute atomic E-state index is 11.8. The summed E-state index contributed by atoms with van der Waals surface area (Å²) in [5, 5.41) is 2.38. The summed E-state index contributed by atoms with van der Waals surface area (Å²) in [6, 6.07) is 29.1. The van der Waals surface area contributed by atoms with Crippen LogP contribution in [0.25, 0.3) is 0 Å². The highest BCUT2D eigenvalue weighted by molar-refractivity contribution is 6.99. The highest BCUT2D eigenvalue weighted by Crippen LogP contribution is 2.37. The third-order valence-electron chi connectivity index (χ3n) is 6.87. The van der Waals surface area contributed by atoms with Crippen molar-refractivity contribution in [2.45, 2.75) is 52.4 Å². The number of aldehydes is 1. The lowest BCUT2D eigenvalue weighted by atomic mass is 9.95. The topological polar surface area (TPSA) is 44.8 Å². The number of carbonyl (C=O) groups is 1. The quantitative estimate of drug-likeness (QED) is 0.237. The van der Waals surface area contributed by atoms with E-state index >= 15 is 0 Å². The minimum absolute atomic E-state index is 0.0186. The molecule has 0 N–H and O–H groups in total. The first kappa shape index (κ1) is 27.8. The van der Waals surface area contributed by atoms with E-state index in [9.17, 15) is 4.79 Å². The van der Waals surface area contributed by atoms with E-state index in [1.54, 1.807) is 7.11 Å². The Labute approximate surface area is 217 Å². The predicted octanol–water partition coefficient (Wildman–Crippen LogP) is 5.63. The molecule has 0 bridgehead atoms. The highest BCUT2D eigenvalue weighted by atomic mass is 28.4. The van der Waals surface area contributed by atoms with E-state index in [2.05, 4.69) is 76.2 Å². The van der Waals surface area contributed by atoms with Crippen molar-refractivity contribution in [3.63, 3.8) is 0 Å². The molecule has 3 atom stereocenters. The Morgan fingerprint density at radius 2 is 1.36 bits per heavy atom. The fourth-order valence-electron chi connectivity index (χ4n) is 4.94. The van der Waals surface area contributed by atoms with Gasteiger partial charge in [0.15, 0.2) is 0 Å². The van der Waals surface area contributed by atoms with Crippen molar-refractivity contribution in [3.05, 3.63) is 90.5 Å². The van der Waals surface area contributed by atoms with E-state index in [1.807, 2.05) is 43.3 Å². The summed E-state index contributed by atoms with van der Waals surface area (Å²) in [5.41, 5.74) is 1.04. The predicted molar refractivity (Wildman–Crippen MR) is 150 cm³/mol. The van der Waals surface area contributed by atoms with Crippen molar-refractivity contribution in [2.75, 3.05) is 13.7 Å². The number of carbonyl (C=O) groups excluding carboxylic acids is 1. The molecule has 4 nitrogen and oxygen atoms in total. The molecule has 192 valence electrons. The standard InChI is InChI=1S/C31H40O4Si/c1-24(21-32)30(34-23-26-17-19-27(33-6)20-18-26)25(2)22-35-36(31(3,4)5,28-13-9-7-10-14-28)29-15-11-8-12-16-29/h7-21,24-25,30H,22-23H2,1-6H3/t24-,25+,30-/m0/s1. The van der Waals surface area contributed by atoms with Gasteiger partial charge in [-0.05, 0) is 33.1 Å². The molecule has 3 rings (SSSR count). The van der Waals surface area contributed by atoms with Gasteiger partial charge in [-0.1, -0.05) is 107 Å². The number of methoxy groups -OCH3 is 1. The van der Waals surface area contributed by atoms with Gasteiger partial charge in [0.25, 0.3) is 8.32 Å². The molecule has 0 radical (unpaired) electrons. The average molecular weight is 505 g/mol. The van der Waals surface area contributed by atoms with Gasteiger partial charge in [0.05, 0.1) is 19.8 Å². The van der Waals surface area contributed by atoms with E-state index in [-0.39, 0.29) is 23.0 Å². The highest BCUT2D eigenvalue weighted by Gasteiger charge is 2.50. The SMILES string of the molecule is COc1ccc(CO[C@H]([C@H](C)CO[Si](c2ccccc2)(c2ccccc2)C(C)(C)C)[C@@H](C)C=O)cc1. The van der Waals surface area contributed by atoms with Crippen molar-refractivity contribution < 1.29 is 18.7 Å². The molecule has 0 fully saturated rings. The number of rotatable bonds is 12. The zero-order valence-corrected chi connectivity index (χ0v) is 23.4. The van der Waals surface area contributed by atoms with Gasteiger partial charge >= 0.3 is 0 Å². The first-order valence-electron chi connectivity index (χ1n) is 12.7. The molecule has 5 heteroatoms. The van der Waals surface area contributed by atoms with Crippen LogP contribution < -0.4 is 15.1 Å². The smallest absolute Gasteiger partial charge is 0.261 e. The molecular formula is C31H40O4Si. The van der Waals surface area contributed by atoms with E-state index in [0.717, 1.165) is 17.6 Å². The molecule has 36 heavy (non-hydrogen) atoms. The van der Waals surface area contributed by atoms with Crippen LogP contribution in [0, 0.1) is 11.8 Å². The van der Waals surface area contributed by atoms with Gasteiger partial charge in [0.2, 0.25) is 0 Å². The Balaban J connectivity index is 1.87. The van der Waals surface area contributed by atoms with Crippen molar-refractivity contribution in [1.29, 1.82) is 0 Å². The third kappa shape index (κ3) is 6.33. The summed E-state index contributed by atoms with van der Waals surface area (Å²) in [6.45, 7) is 11.8. The Morgan fingerprint density at radius 3 is 1.81 bits per heavy atom. The normalized spacial score (nSPS) is 14.6. The van der Waals surface area contributed by atoms with E-state index in [0.29, 0.717) is 13.2 Å². The first-order valence-corrected chi connectivity index (χ1v) is 14.6. The van der Waals surface area contributed by atoms with Crippen molar-refractivity contribution in [2.24, 2.45) is 11.8 Å². The van der Waals surface area contributed by atoms with Gasteiger partial charge < -0.3 is 18.7 Å². The largest absolute Gasteiger partial charge is 0.497 e. The molecular weight excluding hydrogens is 464 g/mol. The monoisotopic (exact) mass is 504 g/mol. The van der Waals surface area contributed by atoms with Crippen LogP contribution in [-0.4, -0.2) is 34.4 Å². The van der Waals surface area contributed by atoms with Gasteiger partial charge in [0.1, 0.15) is 12.0 Å². The van der Waals surface area contributed by atoms with Gasteiger partial charge in [-0.2, -0.15) is 0 Å². The lowest BCUT2D eigenvalue weighted by molar-refractivity contribution is -0.118. The van der Waals surface area contributed by atoms with Crippen molar-refractivity contribution in [1.82, 2.24) is 0 Å². The molecule has 0 aliphatic rings. The van der Waals surface area contributed by atoms with Crippen LogP contribution in [0.1, 0.15) is 40.2 Å². The van der Waals surface area contributed by atoms with Crippen LogP contribution in [0.4, 0.5) is 0 Å². The number of ether oxygens (including phenoxy) is 2. The number of hydrogen-bond acceptors (Lipinski definition) is 4. The molecule has 3 aromatic rings. The molecule has 0 heterocycles. The second kappa shape index (κ2) is 12.5. The molecule has 0 saturated carbocycles. The Bertz CT molecular complexity index is 1020. The van der Waals surface area contributed by atoms with Crippen molar-refractivity contribution >= 4 is 25.0 Å². The van der Waals surface area contributed by atoms with Crippen LogP contribution in [0.2, 0.25) is 5.04 Å². The number of benzene rings is 3. The molecule has 0 spiro atoms. The van der Waals surface area contributed by atoms with Crippen LogP contribution in [0.3, 0.4) is 0 Å². The molecule has 0 aliphatic heterocycles. The maximum Gasteiger partial charge on any atom is 0.261 e. The lowest BCUT2D eigenvalue weighted by Gasteiger charge is -2.44. The second-order valence-electron chi connectivity index (χ2n) is 10.6. The molecule has 0 aliphatic carbocycles. The minimum atomic E-state index is -2.66. The first-order chi connectivity index (χ1) is 17.2. The van der Waals surface area contributed by atoms with E-state index < -0.39 is 8.32 Å². The molecule has 0 saturated heterocycles. The Hall–Kier alpha value is -2.73. The fourth-order valence-corrected chi connectivity index (χ4v) is 9.61. The average Bonchev–Trinajstić information content (AvgIpc) is 2.89. The summed E-state index contributed by atoms with van der Waals surface area (Å²) in [5.74, 6) is 0.578. The molecule has 0 unspecified atom stereocenters. The molecule has 0 aromatic heterocycles. The van der Waals surface area contributed by atoms with Crippen LogP contribution >= 0.6 is 0 Å².